The highest BCUT2D eigenvalue weighted by Gasteiger charge is 2.27. The summed E-state index contributed by atoms with van der Waals surface area (Å²) >= 11 is 0. The molecule has 0 aliphatic rings. The number of unbranched alkanes of at least 4 members (excludes halogenated alkanes) is 1. The van der Waals surface area contributed by atoms with Crippen molar-refractivity contribution in [2.75, 3.05) is 24.6 Å². The molecule has 0 radical (unpaired) electrons. The molecule has 0 bridgehead atoms. The summed E-state index contributed by atoms with van der Waals surface area (Å²) in [4.78, 5) is 0. The van der Waals surface area contributed by atoms with Crippen LogP contribution in [0.15, 0.2) is 0 Å². The summed E-state index contributed by atoms with van der Waals surface area (Å²) < 4.78 is 23.4. The van der Waals surface area contributed by atoms with E-state index < -0.39 is 9.84 Å². The van der Waals surface area contributed by atoms with Crippen LogP contribution in [0.3, 0.4) is 0 Å². The molecule has 1 atom stereocenters. The van der Waals surface area contributed by atoms with Crippen molar-refractivity contribution in [3.05, 3.63) is 0 Å². The van der Waals surface area contributed by atoms with E-state index in [0.717, 1.165) is 32.4 Å². The van der Waals surface area contributed by atoms with Crippen LogP contribution in [0.25, 0.3) is 0 Å². The van der Waals surface area contributed by atoms with Crippen LogP contribution in [0.5, 0.6) is 0 Å². The molecule has 128 valence electrons. The second-order valence-corrected chi connectivity index (χ2v) is 9.29. The van der Waals surface area contributed by atoms with Gasteiger partial charge in [-0.2, -0.15) is 0 Å². The largest absolute Gasteiger partial charge is 0.316 e. The van der Waals surface area contributed by atoms with E-state index in [1.807, 2.05) is 0 Å². The lowest BCUT2D eigenvalue weighted by Gasteiger charge is -2.34. The van der Waals surface area contributed by atoms with E-state index in [4.69, 9.17) is 0 Å². The minimum absolute atomic E-state index is 0.271. The molecule has 1 unspecified atom stereocenters. The van der Waals surface area contributed by atoms with E-state index in [-0.39, 0.29) is 11.2 Å². The third-order valence-electron chi connectivity index (χ3n) is 4.47. The lowest BCUT2D eigenvalue weighted by atomic mass is 9.76. The Morgan fingerprint density at radius 2 is 1.67 bits per heavy atom. The van der Waals surface area contributed by atoms with Crippen molar-refractivity contribution in [3.8, 4) is 0 Å². The second-order valence-electron chi connectivity index (χ2n) is 6.82. The molecule has 0 rings (SSSR count). The highest BCUT2D eigenvalue weighted by Crippen LogP contribution is 2.33. The number of hydrogen-bond acceptors (Lipinski definition) is 3. The summed E-state index contributed by atoms with van der Waals surface area (Å²) in [6.45, 7) is 12.7. The molecule has 0 aromatic rings. The Hall–Kier alpha value is -0.0900. The van der Waals surface area contributed by atoms with Crippen molar-refractivity contribution < 1.29 is 8.42 Å². The molecule has 4 heteroatoms. The van der Waals surface area contributed by atoms with E-state index >= 15 is 0 Å². The van der Waals surface area contributed by atoms with E-state index in [0.29, 0.717) is 11.7 Å². The topological polar surface area (TPSA) is 46.2 Å². The molecule has 0 saturated carbocycles. The predicted molar refractivity (Wildman–Crippen MR) is 93.5 cm³/mol. The first-order valence-corrected chi connectivity index (χ1v) is 10.5. The van der Waals surface area contributed by atoms with Gasteiger partial charge in [-0.15, -0.1) is 0 Å². The summed E-state index contributed by atoms with van der Waals surface area (Å²) in [6.07, 6.45) is 6.60. The maximum Gasteiger partial charge on any atom is 0.150 e. The standard InChI is InChI=1S/C17H37NO2S/c1-6-9-11-17(7-2,15-18-14-16(4)5)12-10-13-21(19,20)8-3/h16,18H,6-15H2,1-5H3. The maximum absolute atomic E-state index is 11.7. The number of rotatable bonds is 13. The first-order chi connectivity index (χ1) is 9.81. The smallest absolute Gasteiger partial charge is 0.150 e. The highest BCUT2D eigenvalue weighted by atomic mass is 32.2. The average Bonchev–Trinajstić information content (AvgIpc) is 2.43. The van der Waals surface area contributed by atoms with Gasteiger partial charge in [0.15, 0.2) is 0 Å². The van der Waals surface area contributed by atoms with Crippen molar-refractivity contribution in [2.45, 2.75) is 73.1 Å². The van der Waals surface area contributed by atoms with E-state index in [1.54, 1.807) is 6.92 Å². The molecule has 0 aliphatic carbocycles. The lowest BCUT2D eigenvalue weighted by Crippen LogP contribution is -2.36. The average molecular weight is 320 g/mol. The van der Waals surface area contributed by atoms with Gasteiger partial charge in [0.25, 0.3) is 0 Å². The Morgan fingerprint density at radius 1 is 1.05 bits per heavy atom. The van der Waals surface area contributed by atoms with Crippen LogP contribution < -0.4 is 5.32 Å². The van der Waals surface area contributed by atoms with Gasteiger partial charge in [-0.3, -0.25) is 0 Å². The molecule has 1 N–H and O–H groups in total. The Balaban J connectivity index is 4.54. The van der Waals surface area contributed by atoms with Gasteiger partial charge in [-0.1, -0.05) is 47.5 Å². The highest BCUT2D eigenvalue weighted by molar-refractivity contribution is 7.91. The maximum atomic E-state index is 11.7. The van der Waals surface area contributed by atoms with E-state index in [2.05, 4.69) is 33.0 Å². The van der Waals surface area contributed by atoms with Gasteiger partial charge in [0.2, 0.25) is 0 Å². The molecule has 0 aliphatic heterocycles. The van der Waals surface area contributed by atoms with Crippen molar-refractivity contribution in [2.24, 2.45) is 11.3 Å². The lowest BCUT2D eigenvalue weighted by molar-refractivity contribution is 0.208. The molecule has 0 fully saturated rings. The predicted octanol–water partition coefficient (Wildman–Crippen LogP) is 4.03. The summed E-state index contributed by atoms with van der Waals surface area (Å²) in [5.41, 5.74) is 0.272. The molecule has 0 aromatic carbocycles. The first-order valence-electron chi connectivity index (χ1n) is 8.72. The minimum atomic E-state index is -2.82. The van der Waals surface area contributed by atoms with Crippen LogP contribution in [0.2, 0.25) is 0 Å². The Labute approximate surface area is 133 Å². The number of hydrogen-bond donors (Lipinski definition) is 1. The first kappa shape index (κ1) is 20.9. The van der Waals surface area contributed by atoms with Crippen molar-refractivity contribution in [3.63, 3.8) is 0 Å². The van der Waals surface area contributed by atoms with Gasteiger partial charge in [-0.05, 0) is 43.6 Å². The summed E-state index contributed by atoms with van der Waals surface area (Å²) in [5, 5.41) is 3.60. The Morgan fingerprint density at radius 3 is 2.14 bits per heavy atom. The van der Waals surface area contributed by atoms with Crippen LogP contribution >= 0.6 is 0 Å². The van der Waals surface area contributed by atoms with Crippen molar-refractivity contribution in [1.82, 2.24) is 5.32 Å². The summed E-state index contributed by atoms with van der Waals surface area (Å²) in [6, 6.07) is 0. The van der Waals surface area contributed by atoms with Crippen molar-refractivity contribution >= 4 is 9.84 Å². The third-order valence-corrected chi connectivity index (χ3v) is 6.26. The van der Waals surface area contributed by atoms with Gasteiger partial charge in [0.05, 0.1) is 5.75 Å². The van der Waals surface area contributed by atoms with Crippen LogP contribution in [-0.4, -0.2) is 33.0 Å². The van der Waals surface area contributed by atoms with Gasteiger partial charge < -0.3 is 5.32 Å². The fourth-order valence-electron chi connectivity index (χ4n) is 2.77. The van der Waals surface area contributed by atoms with Crippen LogP contribution in [0.1, 0.15) is 73.1 Å². The van der Waals surface area contributed by atoms with Crippen LogP contribution in [0.4, 0.5) is 0 Å². The van der Waals surface area contributed by atoms with Crippen LogP contribution in [-0.2, 0) is 9.84 Å². The van der Waals surface area contributed by atoms with Gasteiger partial charge in [0.1, 0.15) is 9.84 Å². The molecule has 0 spiro atoms. The monoisotopic (exact) mass is 319 g/mol. The zero-order valence-electron chi connectivity index (χ0n) is 14.9. The summed E-state index contributed by atoms with van der Waals surface area (Å²) in [7, 11) is -2.82. The molecule has 0 heterocycles. The molecule has 0 amide bonds. The quantitative estimate of drug-likeness (QED) is 0.557. The zero-order chi connectivity index (χ0) is 16.4. The SMILES string of the molecule is CCCCC(CC)(CCCS(=O)(=O)CC)CNCC(C)C. The van der Waals surface area contributed by atoms with E-state index in [9.17, 15) is 8.42 Å². The van der Waals surface area contributed by atoms with Gasteiger partial charge in [-0.25, -0.2) is 8.42 Å². The molecule has 0 saturated heterocycles. The molecule has 0 aromatic heterocycles. The zero-order valence-corrected chi connectivity index (χ0v) is 15.7. The van der Waals surface area contributed by atoms with Gasteiger partial charge >= 0.3 is 0 Å². The Bertz CT molecular complexity index is 352. The fourth-order valence-corrected chi connectivity index (χ4v) is 3.64. The second kappa shape index (κ2) is 10.6. The Kier molecular flexibility index (Phi) is 10.6. The van der Waals surface area contributed by atoms with Crippen LogP contribution in [0, 0.1) is 11.3 Å². The van der Waals surface area contributed by atoms with Gasteiger partial charge in [0, 0.05) is 12.3 Å². The molecule has 3 nitrogen and oxygen atoms in total. The summed E-state index contributed by atoms with van der Waals surface area (Å²) in [5.74, 6) is 1.28. The van der Waals surface area contributed by atoms with Crippen molar-refractivity contribution in [1.29, 1.82) is 0 Å². The normalized spacial score (nSPS) is 15.3. The third kappa shape index (κ3) is 9.51. The molecular weight excluding hydrogens is 282 g/mol. The van der Waals surface area contributed by atoms with E-state index in [1.165, 1.54) is 19.3 Å². The minimum Gasteiger partial charge on any atom is -0.316 e. The number of nitrogens with one attached hydrogen (secondary N) is 1. The molecular formula is C17H37NO2S. The number of sulfone groups is 1. The molecule has 21 heavy (non-hydrogen) atoms. The fraction of sp³-hybridized carbons (Fsp3) is 1.00.